The van der Waals surface area contributed by atoms with Gasteiger partial charge in [-0.05, 0) is 30.5 Å². The molecule has 23 heavy (non-hydrogen) atoms. The molecule has 1 N–H and O–H groups in total. The highest BCUT2D eigenvalue weighted by Gasteiger charge is 2.13. The van der Waals surface area contributed by atoms with E-state index in [0.29, 0.717) is 11.4 Å². The largest absolute Gasteiger partial charge is 0.321 e. The van der Waals surface area contributed by atoms with Crippen molar-refractivity contribution < 1.29 is 0 Å². The summed E-state index contributed by atoms with van der Waals surface area (Å²) in [4.78, 5) is 19.8. The van der Waals surface area contributed by atoms with Gasteiger partial charge in [-0.25, -0.2) is 4.98 Å². The van der Waals surface area contributed by atoms with Gasteiger partial charge in [-0.3, -0.25) is 14.0 Å². The van der Waals surface area contributed by atoms with Crippen LogP contribution in [0, 0.1) is 6.92 Å². The average Bonchev–Trinajstić information content (AvgIpc) is 3.15. The van der Waals surface area contributed by atoms with Crippen LogP contribution >= 0.6 is 0 Å². The third-order valence-corrected chi connectivity index (χ3v) is 3.85. The number of aromatic nitrogens is 5. The van der Waals surface area contributed by atoms with Crippen LogP contribution in [0.25, 0.3) is 28.0 Å². The Morgan fingerprint density at radius 1 is 1.22 bits per heavy atom. The fourth-order valence-corrected chi connectivity index (χ4v) is 2.74. The number of aryl methyl sites for hydroxylation is 2. The highest BCUT2D eigenvalue weighted by Crippen LogP contribution is 2.21. The Labute approximate surface area is 132 Å². The molecule has 0 spiro atoms. The highest BCUT2D eigenvalue weighted by atomic mass is 16.1. The highest BCUT2D eigenvalue weighted by molar-refractivity contribution is 5.83. The zero-order valence-corrected chi connectivity index (χ0v) is 12.8. The maximum atomic E-state index is 12.5. The minimum absolute atomic E-state index is 0.155. The number of hydrogen-bond donors (Lipinski definition) is 1. The van der Waals surface area contributed by atoms with E-state index in [4.69, 9.17) is 0 Å². The lowest BCUT2D eigenvalue weighted by Gasteiger charge is -2.06. The van der Waals surface area contributed by atoms with Crippen LogP contribution in [0.15, 0.2) is 53.8 Å². The van der Waals surface area contributed by atoms with E-state index in [1.54, 1.807) is 17.1 Å². The zero-order chi connectivity index (χ0) is 16.0. The number of hydrogen-bond acceptors (Lipinski definition) is 3. The molecule has 4 aromatic rings. The quantitative estimate of drug-likeness (QED) is 0.618. The van der Waals surface area contributed by atoms with Crippen molar-refractivity contribution in [1.82, 2.24) is 24.3 Å². The van der Waals surface area contributed by atoms with Gasteiger partial charge in [0.25, 0.3) is 5.56 Å². The fourth-order valence-electron chi connectivity index (χ4n) is 2.74. The summed E-state index contributed by atoms with van der Waals surface area (Å²) < 4.78 is 3.58. The first-order chi connectivity index (χ1) is 11.1. The molecule has 4 rings (SSSR count). The van der Waals surface area contributed by atoms with Gasteiger partial charge < -0.3 is 4.98 Å². The summed E-state index contributed by atoms with van der Waals surface area (Å²) in [5, 5.41) is 5.16. The Morgan fingerprint density at radius 2 is 2.09 bits per heavy atom. The summed E-state index contributed by atoms with van der Waals surface area (Å²) in [7, 11) is 1.85. The molecular weight excluding hydrogens is 290 g/mol. The Bertz CT molecular complexity index is 1070. The maximum absolute atomic E-state index is 12.5. The first-order valence-corrected chi connectivity index (χ1v) is 7.28. The lowest BCUT2D eigenvalue weighted by Crippen LogP contribution is -2.11. The molecule has 0 unspecified atom stereocenters. The molecule has 0 aliphatic carbocycles. The number of nitrogens with zero attached hydrogens (tertiary/aromatic N) is 4. The van der Waals surface area contributed by atoms with Crippen molar-refractivity contribution in [3.63, 3.8) is 0 Å². The van der Waals surface area contributed by atoms with Crippen LogP contribution in [-0.2, 0) is 7.05 Å². The average molecular weight is 305 g/mol. The fraction of sp³-hybridized carbons (Fsp3) is 0.118. The number of nitrogens with one attached hydrogen (secondary N) is 1. The van der Waals surface area contributed by atoms with Gasteiger partial charge in [-0.1, -0.05) is 11.6 Å². The number of imidazole rings is 1. The van der Waals surface area contributed by atoms with Crippen molar-refractivity contribution in [3.8, 4) is 17.1 Å². The zero-order valence-electron chi connectivity index (χ0n) is 12.8. The lowest BCUT2D eigenvalue weighted by molar-refractivity contribution is 0.767. The first kappa shape index (κ1) is 13.5. The van der Waals surface area contributed by atoms with E-state index in [1.165, 1.54) is 0 Å². The third-order valence-electron chi connectivity index (χ3n) is 3.85. The topological polar surface area (TPSA) is 68.5 Å². The van der Waals surface area contributed by atoms with E-state index in [0.717, 1.165) is 22.2 Å². The standard InChI is InChI=1S/C17H15N5O/c1-11-3-4-15-12(7-11)8-14(17(23)20-15)16-18-5-6-22(16)13-9-19-21(2)10-13/h3-10H,1-2H3,(H,20,23). The van der Waals surface area contributed by atoms with Gasteiger partial charge in [0.1, 0.15) is 5.82 Å². The van der Waals surface area contributed by atoms with Crippen LogP contribution < -0.4 is 5.56 Å². The second kappa shape index (κ2) is 4.95. The van der Waals surface area contributed by atoms with Crippen LogP contribution in [0.3, 0.4) is 0 Å². The van der Waals surface area contributed by atoms with Gasteiger partial charge in [0, 0.05) is 31.2 Å². The van der Waals surface area contributed by atoms with Crippen LogP contribution in [0.2, 0.25) is 0 Å². The number of fused-ring (bicyclic) bond motifs is 1. The van der Waals surface area contributed by atoms with Gasteiger partial charge in [0.2, 0.25) is 0 Å². The molecule has 0 bridgehead atoms. The molecular formula is C17H15N5O. The normalized spacial score (nSPS) is 11.2. The van der Waals surface area contributed by atoms with E-state index in [9.17, 15) is 4.79 Å². The third kappa shape index (κ3) is 2.24. The number of aromatic amines is 1. The van der Waals surface area contributed by atoms with Crippen molar-refractivity contribution >= 4 is 10.9 Å². The molecule has 6 nitrogen and oxygen atoms in total. The lowest BCUT2D eigenvalue weighted by atomic mass is 10.1. The van der Waals surface area contributed by atoms with Crippen molar-refractivity contribution in [2.75, 3.05) is 0 Å². The van der Waals surface area contributed by atoms with Gasteiger partial charge in [-0.15, -0.1) is 0 Å². The molecule has 0 fully saturated rings. The van der Waals surface area contributed by atoms with Crippen molar-refractivity contribution in [2.24, 2.45) is 7.05 Å². The Balaban J connectivity index is 1.95. The maximum Gasteiger partial charge on any atom is 0.259 e. The monoisotopic (exact) mass is 305 g/mol. The Kier molecular flexibility index (Phi) is 2.90. The first-order valence-electron chi connectivity index (χ1n) is 7.28. The van der Waals surface area contributed by atoms with Gasteiger partial charge >= 0.3 is 0 Å². The summed E-state index contributed by atoms with van der Waals surface area (Å²) in [5.74, 6) is 0.600. The van der Waals surface area contributed by atoms with Crippen molar-refractivity contribution in [1.29, 1.82) is 0 Å². The smallest absolute Gasteiger partial charge is 0.259 e. The van der Waals surface area contributed by atoms with Gasteiger partial charge in [-0.2, -0.15) is 5.10 Å². The Morgan fingerprint density at radius 3 is 2.87 bits per heavy atom. The van der Waals surface area contributed by atoms with Crippen LogP contribution in [-0.4, -0.2) is 24.3 Å². The van der Waals surface area contributed by atoms with E-state index in [1.807, 2.05) is 55.2 Å². The van der Waals surface area contributed by atoms with Gasteiger partial charge in [0.05, 0.1) is 17.4 Å². The molecule has 0 radical (unpaired) electrons. The molecule has 0 saturated heterocycles. The Hall–Kier alpha value is -3.15. The van der Waals surface area contributed by atoms with Gasteiger partial charge in [0.15, 0.2) is 0 Å². The summed E-state index contributed by atoms with van der Waals surface area (Å²) in [6.45, 7) is 2.03. The number of benzene rings is 1. The predicted octanol–water partition coefficient (Wildman–Crippen LogP) is 2.42. The van der Waals surface area contributed by atoms with E-state index >= 15 is 0 Å². The molecule has 3 aromatic heterocycles. The number of pyridine rings is 1. The molecule has 0 atom stereocenters. The summed E-state index contributed by atoms with van der Waals surface area (Å²) in [6, 6.07) is 7.83. The summed E-state index contributed by atoms with van der Waals surface area (Å²) in [5.41, 5.74) is 3.22. The van der Waals surface area contributed by atoms with Crippen LogP contribution in [0.1, 0.15) is 5.56 Å². The molecule has 6 heteroatoms. The van der Waals surface area contributed by atoms with Crippen molar-refractivity contribution in [3.05, 3.63) is 65.0 Å². The van der Waals surface area contributed by atoms with Crippen LogP contribution in [0.4, 0.5) is 0 Å². The summed E-state index contributed by atoms with van der Waals surface area (Å²) in [6.07, 6.45) is 7.13. The molecule has 1 aromatic carbocycles. The van der Waals surface area contributed by atoms with Crippen LogP contribution in [0.5, 0.6) is 0 Å². The molecule has 114 valence electrons. The molecule has 0 aliphatic heterocycles. The minimum atomic E-state index is -0.155. The second-order valence-corrected chi connectivity index (χ2v) is 5.60. The predicted molar refractivity (Wildman–Crippen MR) is 88.6 cm³/mol. The minimum Gasteiger partial charge on any atom is -0.321 e. The van der Waals surface area contributed by atoms with Crippen molar-refractivity contribution in [2.45, 2.75) is 6.92 Å². The van der Waals surface area contributed by atoms with E-state index in [2.05, 4.69) is 15.1 Å². The van der Waals surface area contributed by atoms with E-state index < -0.39 is 0 Å². The second-order valence-electron chi connectivity index (χ2n) is 5.60. The van der Waals surface area contributed by atoms with E-state index in [-0.39, 0.29) is 5.56 Å². The molecule has 0 saturated carbocycles. The summed E-state index contributed by atoms with van der Waals surface area (Å²) >= 11 is 0. The number of rotatable bonds is 2. The molecule has 0 aliphatic rings. The molecule has 0 amide bonds. The number of H-pyrrole nitrogens is 1. The SMILES string of the molecule is Cc1ccc2[nH]c(=O)c(-c3nccn3-c3cnn(C)c3)cc2c1. The molecule has 3 heterocycles.